The van der Waals surface area contributed by atoms with Gasteiger partial charge < -0.3 is 0 Å². The molecule has 0 aliphatic carbocycles. The van der Waals surface area contributed by atoms with Gasteiger partial charge in [-0.25, -0.2) is 0 Å². The van der Waals surface area contributed by atoms with Gasteiger partial charge in [0, 0.05) is 10.0 Å². The van der Waals surface area contributed by atoms with Crippen molar-refractivity contribution in [1.29, 1.82) is 5.26 Å². The first-order chi connectivity index (χ1) is 9.45. The maximum Gasteiger partial charge on any atom is 0.195 e. The Labute approximate surface area is 135 Å². The zero-order valence-corrected chi connectivity index (χ0v) is 13.4. The Morgan fingerprint density at radius 3 is 2.55 bits per heavy atom. The summed E-state index contributed by atoms with van der Waals surface area (Å²) < 4.78 is 0. The summed E-state index contributed by atoms with van der Waals surface area (Å²) in [6, 6.07) is 6.68. The number of Topliss-reactive ketones (excluding diaryl/α,β-unsaturated/α-hetero) is 1. The van der Waals surface area contributed by atoms with Crippen LogP contribution in [0.2, 0.25) is 15.1 Å². The molecule has 0 saturated carbocycles. The largest absolute Gasteiger partial charge is 0.291 e. The van der Waals surface area contributed by atoms with Gasteiger partial charge in [0.05, 0.1) is 16.0 Å². The van der Waals surface area contributed by atoms with Crippen LogP contribution in [0.15, 0.2) is 23.6 Å². The van der Waals surface area contributed by atoms with Crippen LogP contribution in [0.4, 0.5) is 0 Å². The van der Waals surface area contributed by atoms with Crippen LogP contribution >= 0.6 is 46.1 Å². The second kappa shape index (κ2) is 6.15. The van der Waals surface area contributed by atoms with Gasteiger partial charge >= 0.3 is 0 Å². The van der Waals surface area contributed by atoms with Crippen molar-refractivity contribution in [1.82, 2.24) is 0 Å². The molecule has 0 amide bonds. The fourth-order valence-electron chi connectivity index (χ4n) is 1.73. The van der Waals surface area contributed by atoms with E-state index in [2.05, 4.69) is 0 Å². The van der Waals surface area contributed by atoms with E-state index in [0.29, 0.717) is 25.5 Å². The number of carbonyl (C=O) groups excluding carboxylic acids is 1. The van der Waals surface area contributed by atoms with Crippen LogP contribution in [0, 0.1) is 18.3 Å². The highest BCUT2D eigenvalue weighted by Gasteiger charge is 2.27. The Bertz CT molecular complexity index is 718. The number of carbonyl (C=O) groups is 1. The van der Waals surface area contributed by atoms with Crippen molar-refractivity contribution in [3.63, 3.8) is 0 Å². The third-order valence-corrected chi connectivity index (χ3v) is 5.06. The molecular formula is C14H8Cl3NOS. The van der Waals surface area contributed by atoms with Crippen molar-refractivity contribution >= 4 is 51.9 Å². The van der Waals surface area contributed by atoms with Crippen LogP contribution in [-0.2, 0) is 0 Å². The van der Waals surface area contributed by atoms with Gasteiger partial charge in [0.25, 0.3) is 0 Å². The molecule has 1 aromatic carbocycles. The summed E-state index contributed by atoms with van der Waals surface area (Å²) in [6.45, 7) is 1.81. The number of thiophene rings is 1. The highest BCUT2D eigenvalue weighted by molar-refractivity contribution is 7.13. The number of halogens is 3. The molecule has 0 fully saturated rings. The zero-order valence-electron chi connectivity index (χ0n) is 10.3. The smallest absolute Gasteiger partial charge is 0.195 e. The number of benzene rings is 1. The maximum atomic E-state index is 12.5. The van der Waals surface area contributed by atoms with Crippen molar-refractivity contribution in [3.05, 3.63) is 54.7 Å². The molecule has 0 saturated heterocycles. The predicted molar refractivity (Wildman–Crippen MR) is 83.2 cm³/mol. The van der Waals surface area contributed by atoms with E-state index in [9.17, 15) is 10.1 Å². The van der Waals surface area contributed by atoms with E-state index >= 15 is 0 Å². The van der Waals surface area contributed by atoms with Gasteiger partial charge in [-0.1, -0.05) is 40.9 Å². The molecule has 1 aromatic heterocycles. The average molecular weight is 345 g/mol. The highest BCUT2D eigenvalue weighted by Crippen LogP contribution is 2.34. The van der Waals surface area contributed by atoms with E-state index < -0.39 is 5.92 Å². The Morgan fingerprint density at radius 2 is 2.05 bits per heavy atom. The lowest BCUT2D eigenvalue weighted by atomic mass is 9.95. The molecule has 6 heteroatoms. The Morgan fingerprint density at radius 1 is 1.35 bits per heavy atom. The fourth-order valence-corrected chi connectivity index (χ4v) is 3.51. The van der Waals surface area contributed by atoms with Gasteiger partial charge in [0.15, 0.2) is 5.78 Å². The molecule has 1 heterocycles. The third kappa shape index (κ3) is 2.84. The predicted octanol–water partition coefficient (Wildman–Crippen LogP) is 5.51. The van der Waals surface area contributed by atoms with Crippen molar-refractivity contribution in [2.24, 2.45) is 0 Å². The molecule has 102 valence electrons. The van der Waals surface area contributed by atoms with Gasteiger partial charge in [-0.3, -0.25) is 4.79 Å². The van der Waals surface area contributed by atoms with Crippen molar-refractivity contribution in [2.75, 3.05) is 0 Å². The van der Waals surface area contributed by atoms with E-state index in [1.807, 2.05) is 13.0 Å². The van der Waals surface area contributed by atoms with Gasteiger partial charge in [-0.2, -0.15) is 5.26 Å². The number of nitrogens with zero attached hydrogens (tertiary/aromatic N) is 1. The SMILES string of the molecule is Cc1csc(C(=O)C(C#N)c2ccc(Cl)cc2Cl)c1Cl. The molecule has 1 atom stereocenters. The number of aryl methyl sites for hydroxylation is 1. The normalized spacial score (nSPS) is 11.9. The van der Waals surface area contributed by atoms with E-state index in [-0.39, 0.29) is 5.78 Å². The topological polar surface area (TPSA) is 40.9 Å². The van der Waals surface area contributed by atoms with Crippen LogP contribution in [0.5, 0.6) is 0 Å². The van der Waals surface area contributed by atoms with Crippen LogP contribution in [0.1, 0.15) is 26.7 Å². The lowest BCUT2D eigenvalue weighted by Crippen LogP contribution is -2.11. The Hall–Kier alpha value is -1.05. The number of rotatable bonds is 3. The lowest BCUT2D eigenvalue weighted by molar-refractivity contribution is 0.0983. The summed E-state index contributed by atoms with van der Waals surface area (Å²) in [5, 5.41) is 12.2. The summed E-state index contributed by atoms with van der Waals surface area (Å²) in [5.41, 5.74) is 1.25. The minimum Gasteiger partial charge on any atom is -0.291 e. The molecule has 0 radical (unpaired) electrons. The van der Waals surface area contributed by atoms with Crippen LogP contribution < -0.4 is 0 Å². The van der Waals surface area contributed by atoms with E-state index in [1.165, 1.54) is 17.4 Å². The Kier molecular flexibility index (Phi) is 4.72. The van der Waals surface area contributed by atoms with Crippen LogP contribution in [-0.4, -0.2) is 5.78 Å². The van der Waals surface area contributed by atoms with Crippen molar-refractivity contribution in [2.45, 2.75) is 12.8 Å². The molecule has 0 aliphatic rings. The van der Waals surface area contributed by atoms with Gasteiger partial charge in [-0.05, 0) is 35.6 Å². The third-order valence-electron chi connectivity index (χ3n) is 2.79. The minimum absolute atomic E-state index is 0.293. The summed E-state index contributed by atoms with van der Waals surface area (Å²) in [4.78, 5) is 12.8. The number of hydrogen-bond acceptors (Lipinski definition) is 3. The fraction of sp³-hybridized carbons (Fsp3) is 0.143. The molecule has 2 aromatic rings. The van der Waals surface area contributed by atoms with E-state index in [1.54, 1.807) is 17.5 Å². The first-order valence-electron chi connectivity index (χ1n) is 5.58. The molecule has 0 bridgehead atoms. The van der Waals surface area contributed by atoms with Crippen LogP contribution in [0.3, 0.4) is 0 Å². The monoisotopic (exact) mass is 343 g/mol. The summed E-state index contributed by atoms with van der Waals surface area (Å²) in [6.07, 6.45) is 0. The molecule has 0 N–H and O–H groups in total. The van der Waals surface area contributed by atoms with E-state index in [4.69, 9.17) is 34.8 Å². The molecule has 20 heavy (non-hydrogen) atoms. The first kappa shape index (κ1) is 15.3. The number of ketones is 1. The first-order valence-corrected chi connectivity index (χ1v) is 7.59. The second-order valence-electron chi connectivity index (χ2n) is 4.15. The number of hydrogen-bond donors (Lipinski definition) is 0. The molecule has 1 unspecified atom stereocenters. The molecule has 2 rings (SSSR count). The molecular weight excluding hydrogens is 337 g/mol. The Balaban J connectivity index is 2.45. The molecule has 0 aliphatic heterocycles. The van der Waals surface area contributed by atoms with Crippen LogP contribution in [0.25, 0.3) is 0 Å². The quantitative estimate of drug-likeness (QED) is 0.689. The van der Waals surface area contributed by atoms with E-state index in [0.717, 1.165) is 5.56 Å². The van der Waals surface area contributed by atoms with Gasteiger partial charge in [0.2, 0.25) is 0 Å². The molecule has 2 nitrogen and oxygen atoms in total. The average Bonchev–Trinajstić information content (AvgIpc) is 2.73. The second-order valence-corrected chi connectivity index (χ2v) is 6.26. The highest BCUT2D eigenvalue weighted by atomic mass is 35.5. The summed E-state index contributed by atoms with van der Waals surface area (Å²) in [7, 11) is 0. The van der Waals surface area contributed by atoms with Crippen molar-refractivity contribution in [3.8, 4) is 6.07 Å². The van der Waals surface area contributed by atoms with Gasteiger partial charge in [-0.15, -0.1) is 11.3 Å². The van der Waals surface area contributed by atoms with Crippen molar-refractivity contribution < 1.29 is 4.79 Å². The maximum absolute atomic E-state index is 12.5. The standard InChI is InChI=1S/C14H8Cl3NOS/c1-7-6-20-14(12(7)17)13(19)10(5-18)9-3-2-8(15)4-11(9)16/h2-4,6,10H,1H3. The summed E-state index contributed by atoms with van der Waals surface area (Å²) >= 11 is 19.2. The lowest BCUT2D eigenvalue weighted by Gasteiger charge is -2.10. The van der Waals surface area contributed by atoms with Gasteiger partial charge in [0.1, 0.15) is 5.92 Å². The number of nitriles is 1. The molecule has 0 spiro atoms. The minimum atomic E-state index is -0.990. The zero-order chi connectivity index (χ0) is 14.9. The summed E-state index contributed by atoms with van der Waals surface area (Å²) in [5.74, 6) is -1.34.